The second-order valence-corrected chi connectivity index (χ2v) is 3.12. The molecule has 0 saturated heterocycles. The van der Waals surface area contributed by atoms with Crippen molar-refractivity contribution in [2.24, 2.45) is 5.92 Å². The van der Waals surface area contributed by atoms with E-state index in [1.54, 1.807) is 7.11 Å². The van der Waals surface area contributed by atoms with Crippen molar-refractivity contribution in [1.82, 2.24) is 5.32 Å². The van der Waals surface area contributed by atoms with Crippen molar-refractivity contribution in [2.45, 2.75) is 25.3 Å². The maximum absolute atomic E-state index is 5.09. The molecule has 0 radical (unpaired) electrons. The first kappa shape index (κ1) is 8.02. The molecule has 2 nitrogen and oxygen atoms in total. The van der Waals surface area contributed by atoms with Gasteiger partial charge in [0.05, 0.1) is 0 Å². The SMILES string of the molecule is CNC1CCC(COC)C1. The van der Waals surface area contributed by atoms with Crippen LogP contribution in [0, 0.1) is 5.92 Å². The van der Waals surface area contributed by atoms with Crippen LogP contribution in [0.25, 0.3) is 0 Å². The molecule has 0 aromatic carbocycles. The Morgan fingerprint density at radius 2 is 2.30 bits per heavy atom. The van der Waals surface area contributed by atoms with E-state index in [4.69, 9.17) is 4.74 Å². The van der Waals surface area contributed by atoms with E-state index in [0.29, 0.717) is 0 Å². The van der Waals surface area contributed by atoms with E-state index in [1.165, 1.54) is 19.3 Å². The zero-order chi connectivity index (χ0) is 7.40. The minimum absolute atomic E-state index is 0.750. The number of ether oxygens (including phenoxy) is 1. The lowest BCUT2D eigenvalue weighted by molar-refractivity contribution is 0.154. The van der Waals surface area contributed by atoms with Gasteiger partial charge < -0.3 is 10.1 Å². The van der Waals surface area contributed by atoms with Gasteiger partial charge in [0, 0.05) is 19.8 Å². The van der Waals surface area contributed by atoms with Crippen LogP contribution in [0.5, 0.6) is 0 Å². The lowest BCUT2D eigenvalue weighted by atomic mass is 10.1. The van der Waals surface area contributed by atoms with Gasteiger partial charge in [0.25, 0.3) is 0 Å². The van der Waals surface area contributed by atoms with Crippen LogP contribution in [0.15, 0.2) is 0 Å². The number of hydrogen-bond acceptors (Lipinski definition) is 2. The molecule has 1 rings (SSSR count). The molecule has 0 heterocycles. The van der Waals surface area contributed by atoms with Gasteiger partial charge in [0.1, 0.15) is 0 Å². The summed E-state index contributed by atoms with van der Waals surface area (Å²) in [5.74, 6) is 0.808. The molecule has 60 valence electrons. The number of nitrogens with one attached hydrogen (secondary N) is 1. The monoisotopic (exact) mass is 143 g/mol. The summed E-state index contributed by atoms with van der Waals surface area (Å²) in [5, 5.41) is 3.30. The highest BCUT2D eigenvalue weighted by Crippen LogP contribution is 2.24. The molecule has 2 heteroatoms. The normalized spacial score (nSPS) is 33.0. The Kier molecular flexibility index (Phi) is 3.16. The van der Waals surface area contributed by atoms with E-state index in [1.807, 2.05) is 7.05 Å². The molecule has 0 spiro atoms. The number of methoxy groups -OCH3 is 1. The zero-order valence-corrected chi connectivity index (χ0v) is 6.89. The highest BCUT2D eigenvalue weighted by molar-refractivity contribution is 4.78. The van der Waals surface area contributed by atoms with Crippen LogP contribution in [0.2, 0.25) is 0 Å². The molecule has 1 N–H and O–H groups in total. The van der Waals surface area contributed by atoms with Crippen LogP contribution >= 0.6 is 0 Å². The quantitative estimate of drug-likeness (QED) is 0.637. The van der Waals surface area contributed by atoms with Gasteiger partial charge in [-0.3, -0.25) is 0 Å². The summed E-state index contributed by atoms with van der Waals surface area (Å²) in [4.78, 5) is 0. The zero-order valence-electron chi connectivity index (χ0n) is 6.89. The second kappa shape index (κ2) is 3.94. The molecule has 1 saturated carbocycles. The van der Waals surface area contributed by atoms with Crippen molar-refractivity contribution in [1.29, 1.82) is 0 Å². The largest absolute Gasteiger partial charge is 0.384 e. The topological polar surface area (TPSA) is 21.3 Å². The third-order valence-electron chi connectivity index (χ3n) is 2.35. The average molecular weight is 143 g/mol. The fourth-order valence-electron chi connectivity index (χ4n) is 1.72. The van der Waals surface area contributed by atoms with Gasteiger partial charge in [0.2, 0.25) is 0 Å². The highest BCUT2D eigenvalue weighted by atomic mass is 16.5. The molecular formula is C8H17NO. The first-order valence-corrected chi connectivity index (χ1v) is 4.03. The summed E-state index contributed by atoms with van der Waals surface area (Å²) in [7, 11) is 3.83. The van der Waals surface area contributed by atoms with Crippen LogP contribution in [-0.2, 0) is 4.74 Å². The lowest BCUT2D eigenvalue weighted by Crippen LogP contribution is -2.21. The number of rotatable bonds is 3. The summed E-state index contributed by atoms with van der Waals surface area (Å²) in [6, 6.07) is 0.750. The summed E-state index contributed by atoms with van der Waals surface area (Å²) in [5.41, 5.74) is 0. The molecule has 0 amide bonds. The predicted molar refractivity (Wildman–Crippen MR) is 42.1 cm³/mol. The summed E-state index contributed by atoms with van der Waals surface area (Å²) >= 11 is 0. The van der Waals surface area contributed by atoms with Crippen molar-refractivity contribution < 1.29 is 4.74 Å². The van der Waals surface area contributed by atoms with Gasteiger partial charge in [-0.1, -0.05) is 0 Å². The Labute approximate surface area is 63.0 Å². The fraction of sp³-hybridized carbons (Fsp3) is 1.00. The lowest BCUT2D eigenvalue weighted by Gasteiger charge is -2.08. The van der Waals surface area contributed by atoms with Crippen LogP contribution in [0.3, 0.4) is 0 Å². The smallest absolute Gasteiger partial charge is 0.0491 e. The predicted octanol–water partition coefficient (Wildman–Crippen LogP) is 1.02. The highest BCUT2D eigenvalue weighted by Gasteiger charge is 2.22. The summed E-state index contributed by atoms with van der Waals surface area (Å²) < 4.78 is 5.09. The Hall–Kier alpha value is -0.0800. The third-order valence-corrected chi connectivity index (χ3v) is 2.35. The molecule has 1 aliphatic carbocycles. The van der Waals surface area contributed by atoms with Crippen molar-refractivity contribution in [3.8, 4) is 0 Å². The number of hydrogen-bond donors (Lipinski definition) is 1. The van der Waals surface area contributed by atoms with E-state index in [2.05, 4.69) is 5.32 Å². The molecule has 0 aromatic rings. The first-order chi connectivity index (χ1) is 4.86. The van der Waals surface area contributed by atoms with Gasteiger partial charge in [0.15, 0.2) is 0 Å². The van der Waals surface area contributed by atoms with Crippen LogP contribution in [-0.4, -0.2) is 26.8 Å². The molecule has 2 unspecified atom stereocenters. The van der Waals surface area contributed by atoms with Gasteiger partial charge in [-0.05, 0) is 32.2 Å². The Bertz CT molecular complexity index is 95.3. The molecule has 0 aromatic heterocycles. The van der Waals surface area contributed by atoms with E-state index >= 15 is 0 Å². The minimum atomic E-state index is 0.750. The van der Waals surface area contributed by atoms with E-state index < -0.39 is 0 Å². The molecule has 10 heavy (non-hydrogen) atoms. The minimum Gasteiger partial charge on any atom is -0.384 e. The third kappa shape index (κ3) is 1.96. The summed E-state index contributed by atoms with van der Waals surface area (Å²) in [6.07, 6.45) is 3.95. The Morgan fingerprint density at radius 3 is 2.80 bits per heavy atom. The van der Waals surface area contributed by atoms with Crippen molar-refractivity contribution in [3.05, 3.63) is 0 Å². The van der Waals surface area contributed by atoms with Crippen LogP contribution in [0.1, 0.15) is 19.3 Å². The van der Waals surface area contributed by atoms with E-state index in [9.17, 15) is 0 Å². The second-order valence-electron chi connectivity index (χ2n) is 3.12. The maximum atomic E-state index is 5.09. The van der Waals surface area contributed by atoms with E-state index in [0.717, 1.165) is 18.6 Å². The fourth-order valence-corrected chi connectivity index (χ4v) is 1.72. The molecule has 1 fully saturated rings. The van der Waals surface area contributed by atoms with Crippen LogP contribution < -0.4 is 5.32 Å². The van der Waals surface area contributed by atoms with Crippen LogP contribution in [0.4, 0.5) is 0 Å². The van der Waals surface area contributed by atoms with Gasteiger partial charge >= 0.3 is 0 Å². The van der Waals surface area contributed by atoms with Crippen molar-refractivity contribution >= 4 is 0 Å². The maximum Gasteiger partial charge on any atom is 0.0491 e. The molecular weight excluding hydrogens is 126 g/mol. The molecule has 0 bridgehead atoms. The van der Waals surface area contributed by atoms with Gasteiger partial charge in [-0.2, -0.15) is 0 Å². The standard InChI is InChI=1S/C8H17NO/c1-9-8-4-3-7(5-8)6-10-2/h7-9H,3-6H2,1-2H3. The van der Waals surface area contributed by atoms with Gasteiger partial charge in [-0.15, -0.1) is 0 Å². The van der Waals surface area contributed by atoms with Crippen molar-refractivity contribution in [2.75, 3.05) is 20.8 Å². The Balaban J connectivity index is 2.15. The molecule has 1 aliphatic rings. The Morgan fingerprint density at radius 1 is 1.50 bits per heavy atom. The molecule has 0 aliphatic heterocycles. The average Bonchev–Trinajstić information content (AvgIpc) is 2.37. The van der Waals surface area contributed by atoms with Gasteiger partial charge in [-0.25, -0.2) is 0 Å². The van der Waals surface area contributed by atoms with Crippen molar-refractivity contribution in [3.63, 3.8) is 0 Å². The first-order valence-electron chi connectivity index (χ1n) is 4.03. The summed E-state index contributed by atoms with van der Waals surface area (Å²) in [6.45, 7) is 0.943. The molecule has 2 atom stereocenters. The van der Waals surface area contributed by atoms with E-state index in [-0.39, 0.29) is 0 Å².